The summed E-state index contributed by atoms with van der Waals surface area (Å²) in [5.74, 6) is 1.32. The zero-order chi connectivity index (χ0) is 19.1. The molecular weight excluding hydrogens is 414 g/mol. The van der Waals surface area contributed by atoms with Gasteiger partial charge in [0.2, 0.25) is 0 Å². The molecule has 0 heterocycles. The molecule has 0 aliphatic rings. The van der Waals surface area contributed by atoms with E-state index in [2.05, 4.69) is 28.9 Å². The van der Waals surface area contributed by atoms with Crippen LogP contribution in [0.5, 0.6) is 11.5 Å². The molecule has 0 bridgehead atoms. The lowest BCUT2D eigenvalue weighted by Gasteiger charge is -2.18. The maximum Gasteiger partial charge on any atom is 0.175 e. The lowest BCUT2D eigenvalue weighted by molar-refractivity contribution is 0.202. The van der Waals surface area contributed by atoms with Crippen molar-refractivity contribution in [3.05, 3.63) is 57.0 Å². The van der Waals surface area contributed by atoms with Crippen LogP contribution in [-0.2, 0) is 0 Å². The Kier molecular flexibility index (Phi) is 7.56. The van der Waals surface area contributed by atoms with Gasteiger partial charge in [-0.3, -0.25) is 0 Å². The summed E-state index contributed by atoms with van der Waals surface area (Å²) in [4.78, 5) is 0. The Morgan fingerprint density at radius 2 is 2.04 bits per heavy atom. The third kappa shape index (κ3) is 5.03. The number of hydrogen-bond donors (Lipinski definition) is 0. The standard InChI is InChI=1S/C21H21BrClNO2/c1-4-14(3)26-21-18(22)11-15(12-20(21)25-5-2)10-16(13-24)17-8-6-7-9-19(17)23/h6-12,14H,4-5H2,1-3H3. The van der Waals surface area contributed by atoms with Gasteiger partial charge in [-0.15, -0.1) is 0 Å². The Balaban J connectivity index is 2.49. The van der Waals surface area contributed by atoms with Crippen LogP contribution in [0.15, 0.2) is 40.9 Å². The molecule has 0 spiro atoms. The third-order valence-electron chi connectivity index (χ3n) is 3.82. The summed E-state index contributed by atoms with van der Waals surface area (Å²) in [6.45, 7) is 6.53. The molecule has 0 amide bonds. The van der Waals surface area contributed by atoms with Gasteiger partial charge in [-0.1, -0.05) is 36.7 Å². The van der Waals surface area contributed by atoms with Crippen LogP contribution in [0.2, 0.25) is 5.02 Å². The molecule has 5 heteroatoms. The number of nitrogens with zero attached hydrogens (tertiary/aromatic N) is 1. The maximum atomic E-state index is 9.57. The van der Waals surface area contributed by atoms with Crippen molar-refractivity contribution in [2.24, 2.45) is 0 Å². The van der Waals surface area contributed by atoms with Crippen LogP contribution in [-0.4, -0.2) is 12.7 Å². The molecule has 2 aromatic rings. The second-order valence-electron chi connectivity index (χ2n) is 5.75. The van der Waals surface area contributed by atoms with E-state index in [-0.39, 0.29) is 6.10 Å². The van der Waals surface area contributed by atoms with E-state index < -0.39 is 0 Å². The Hall–Kier alpha value is -1.96. The first-order chi connectivity index (χ1) is 12.5. The number of ether oxygens (including phenoxy) is 2. The van der Waals surface area contributed by atoms with E-state index in [1.165, 1.54) is 0 Å². The fourth-order valence-electron chi connectivity index (χ4n) is 2.35. The van der Waals surface area contributed by atoms with Gasteiger partial charge in [-0.05, 0) is 66.0 Å². The Bertz CT molecular complexity index is 842. The lowest BCUT2D eigenvalue weighted by atomic mass is 10.0. The summed E-state index contributed by atoms with van der Waals surface area (Å²) in [5, 5.41) is 10.1. The normalized spacial score (nSPS) is 12.4. The van der Waals surface area contributed by atoms with Crippen LogP contribution in [0.25, 0.3) is 11.6 Å². The van der Waals surface area contributed by atoms with Crippen LogP contribution in [0, 0.1) is 11.3 Å². The number of benzene rings is 2. The molecule has 2 aromatic carbocycles. The van der Waals surface area contributed by atoms with E-state index in [0.29, 0.717) is 34.3 Å². The Labute approximate surface area is 168 Å². The van der Waals surface area contributed by atoms with E-state index in [1.54, 1.807) is 12.1 Å². The summed E-state index contributed by atoms with van der Waals surface area (Å²) < 4.78 is 12.5. The summed E-state index contributed by atoms with van der Waals surface area (Å²) in [6.07, 6.45) is 2.76. The van der Waals surface area contributed by atoms with Crippen molar-refractivity contribution >= 4 is 39.2 Å². The molecule has 3 nitrogen and oxygen atoms in total. The molecule has 0 aromatic heterocycles. The van der Waals surface area contributed by atoms with Gasteiger partial charge in [0.05, 0.1) is 28.8 Å². The molecule has 0 saturated carbocycles. The molecule has 0 N–H and O–H groups in total. The molecule has 0 aliphatic carbocycles. The second-order valence-corrected chi connectivity index (χ2v) is 7.01. The Morgan fingerprint density at radius 1 is 1.31 bits per heavy atom. The zero-order valence-electron chi connectivity index (χ0n) is 15.1. The Morgan fingerprint density at radius 3 is 2.65 bits per heavy atom. The number of nitriles is 1. The van der Waals surface area contributed by atoms with Crippen molar-refractivity contribution in [3.63, 3.8) is 0 Å². The molecule has 1 unspecified atom stereocenters. The van der Waals surface area contributed by atoms with Gasteiger partial charge in [0.1, 0.15) is 0 Å². The second kappa shape index (κ2) is 9.66. The average molecular weight is 435 g/mol. The SMILES string of the molecule is CCOc1cc(C=C(C#N)c2ccccc2Cl)cc(Br)c1OC(C)CC. The van der Waals surface area contributed by atoms with E-state index in [9.17, 15) is 5.26 Å². The van der Waals surface area contributed by atoms with Crippen molar-refractivity contribution in [2.75, 3.05) is 6.61 Å². The topological polar surface area (TPSA) is 42.2 Å². The minimum atomic E-state index is 0.0738. The maximum absolute atomic E-state index is 9.57. The van der Waals surface area contributed by atoms with Crippen LogP contribution < -0.4 is 9.47 Å². The minimum Gasteiger partial charge on any atom is -0.490 e. The van der Waals surface area contributed by atoms with Crippen molar-refractivity contribution in [1.29, 1.82) is 5.26 Å². The molecule has 136 valence electrons. The van der Waals surface area contributed by atoms with E-state index in [0.717, 1.165) is 16.5 Å². The van der Waals surface area contributed by atoms with Gasteiger partial charge in [0.25, 0.3) is 0 Å². The summed E-state index contributed by atoms with van der Waals surface area (Å²) in [6, 6.07) is 13.3. The van der Waals surface area contributed by atoms with Gasteiger partial charge in [-0.25, -0.2) is 0 Å². The van der Waals surface area contributed by atoms with Gasteiger partial charge in [0.15, 0.2) is 11.5 Å². The highest BCUT2D eigenvalue weighted by Crippen LogP contribution is 2.39. The van der Waals surface area contributed by atoms with Gasteiger partial charge < -0.3 is 9.47 Å². The molecule has 0 radical (unpaired) electrons. The van der Waals surface area contributed by atoms with Crippen LogP contribution in [0.3, 0.4) is 0 Å². The van der Waals surface area contributed by atoms with E-state index >= 15 is 0 Å². The first-order valence-corrected chi connectivity index (χ1v) is 9.66. The van der Waals surface area contributed by atoms with Crippen molar-refractivity contribution in [2.45, 2.75) is 33.3 Å². The fourth-order valence-corrected chi connectivity index (χ4v) is 3.14. The number of hydrogen-bond acceptors (Lipinski definition) is 3. The largest absolute Gasteiger partial charge is 0.490 e. The number of allylic oxidation sites excluding steroid dienone is 1. The highest BCUT2D eigenvalue weighted by molar-refractivity contribution is 9.10. The first-order valence-electron chi connectivity index (χ1n) is 8.49. The van der Waals surface area contributed by atoms with Crippen molar-refractivity contribution < 1.29 is 9.47 Å². The molecule has 0 aliphatic heterocycles. The lowest BCUT2D eigenvalue weighted by Crippen LogP contribution is -2.11. The molecule has 2 rings (SSSR count). The monoisotopic (exact) mass is 433 g/mol. The third-order valence-corrected chi connectivity index (χ3v) is 4.74. The summed E-state index contributed by atoms with van der Waals surface area (Å²) in [7, 11) is 0. The summed E-state index contributed by atoms with van der Waals surface area (Å²) >= 11 is 9.79. The fraction of sp³-hybridized carbons (Fsp3) is 0.286. The molecule has 26 heavy (non-hydrogen) atoms. The number of rotatable bonds is 7. The van der Waals surface area contributed by atoms with Crippen LogP contribution in [0.1, 0.15) is 38.3 Å². The first kappa shape index (κ1) is 20.4. The van der Waals surface area contributed by atoms with E-state index in [4.69, 9.17) is 21.1 Å². The van der Waals surface area contributed by atoms with Gasteiger partial charge >= 0.3 is 0 Å². The zero-order valence-corrected chi connectivity index (χ0v) is 17.4. The van der Waals surface area contributed by atoms with Crippen LogP contribution >= 0.6 is 27.5 Å². The molecule has 0 saturated heterocycles. The van der Waals surface area contributed by atoms with Crippen molar-refractivity contribution in [3.8, 4) is 17.6 Å². The van der Waals surface area contributed by atoms with Crippen LogP contribution in [0.4, 0.5) is 0 Å². The van der Waals surface area contributed by atoms with Gasteiger partial charge in [-0.2, -0.15) is 5.26 Å². The van der Waals surface area contributed by atoms with Crippen molar-refractivity contribution in [1.82, 2.24) is 0 Å². The quantitative estimate of drug-likeness (QED) is 0.358. The highest BCUT2D eigenvalue weighted by Gasteiger charge is 2.15. The predicted octanol–water partition coefficient (Wildman–Crippen LogP) is 6.74. The summed E-state index contributed by atoms with van der Waals surface area (Å²) in [5.41, 5.74) is 2.01. The minimum absolute atomic E-state index is 0.0738. The predicted molar refractivity (Wildman–Crippen MR) is 111 cm³/mol. The number of halogens is 2. The van der Waals surface area contributed by atoms with Gasteiger partial charge in [0, 0.05) is 10.6 Å². The highest BCUT2D eigenvalue weighted by atomic mass is 79.9. The average Bonchev–Trinajstić information content (AvgIpc) is 2.63. The smallest absolute Gasteiger partial charge is 0.175 e. The molecule has 1 atom stereocenters. The van der Waals surface area contributed by atoms with E-state index in [1.807, 2.05) is 44.2 Å². The molecular formula is C21H21BrClNO2. The molecule has 0 fully saturated rings.